The van der Waals surface area contributed by atoms with Gasteiger partial charge >= 0.3 is 5.97 Å². The monoisotopic (exact) mass is 243 g/mol. The summed E-state index contributed by atoms with van der Waals surface area (Å²) in [6, 6.07) is 4.64. The Bertz CT molecular complexity index is 407. The maximum absolute atomic E-state index is 13.8. The van der Waals surface area contributed by atoms with E-state index in [1.165, 1.54) is 12.1 Å². The highest BCUT2D eigenvalue weighted by Gasteiger charge is 2.36. The van der Waals surface area contributed by atoms with Crippen molar-refractivity contribution >= 4 is 5.97 Å². The molecule has 0 aliphatic rings. The number of methoxy groups -OCH3 is 1. The lowest BCUT2D eigenvalue weighted by Gasteiger charge is -2.20. The lowest BCUT2D eigenvalue weighted by molar-refractivity contribution is -0.145. The summed E-state index contributed by atoms with van der Waals surface area (Å²) in [7, 11) is 1.12. The van der Waals surface area contributed by atoms with Crippen molar-refractivity contribution in [3.05, 3.63) is 35.4 Å². The number of benzene rings is 1. The Morgan fingerprint density at radius 2 is 2.18 bits per heavy atom. The van der Waals surface area contributed by atoms with Crippen LogP contribution in [0.15, 0.2) is 24.3 Å². The van der Waals surface area contributed by atoms with E-state index in [0.717, 1.165) is 12.7 Å². The van der Waals surface area contributed by atoms with Crippen molar-refractivity contribution in [2.75, 3.05) is 7.11 Å². The number of ether oxygens (including phenoxy) is 1. The Hall–Kier alpha value is -1.49. The minimum absolute atomic E-state index is 0.142. The fraction of sp³-hybridized carbons (Fsp3) is 0.417. The minimum Gasteiger partial charge on any atom is -0.468 e. The summed E-state index contributed by atoms with van der Waals surface area (Å²) in [5, 5.41) is 0. The van der Waals surface area contributed by atoms with E-state index in [0.29, 0.717) is 0 Å². The van der Waals surface area contributed by atoms with Gasteiger partial charge in [0.2, 0.25) is 0 Å². The van der Waals surface area contributed by atoms with Crippen LogP contribution in [-0.4, -0.2) is 19.1 Å². The van der Waals surface area contributed by atoms with E-state index < -0.39 is 24.4 Å². The number of carbonyl (C=O) groups is 1. The van der Waals surface area contributed by atoms with Crippen LogP contribution < -0.4 is 5.73 Å². The van der Waals surface area contributed by atoms with Crippen LogP contribution in [0.3, 0.4) is 0 Å². The molecule has 0 aliphatic heterocycles. The van der Waals surface area contributed by atoms with Crippen LogP contribution in [0, 0.1) is 6.92 Å². The zero-order chi connectivity index (χ0) is 13.1. The number of hydrogen-bond acceptors (Lipinski definition) is 3. The SMILES string of the molecule is COC(=O)C(N)CC(F)(F)c1cccc(C)c1. The van der Waals surface area contributed by atoms with Crippen LogP contribution in [0.5, 0.6) is 0 Å². The highest BCUT2D eigenvalue weighted by Crippen LogP contribution is 2.33. The van der Waals surface area contributed by atoms with Gasteiger partial charge in [-0.05, 0) is 6.92 Å². The van der Waals surface area contributed by atoms with E-state index >= 15 is 0 Å². The standard InChI is InChI=1S/C12H15F2NO2/c1-8-4-3-5-9(6-8)12(13,14)7-10(15)11(16)17-2/h3-6,10H,7,15H2,1-2H3. The Balaban J connectivity index is 2.84. The predicted octanol–water partition coefficient (Wildman–Crippen LogP) is 1.98. The first-order valence-corrected chi connectivity index (χ1v) is 5.15. The van der Waals surface area contributed by atoms with E-state index in [1.807, 2.05) is 0 Å². The van der Waals surface area contributed by atoms with Crippen LogP contribution in [0.1, 0.15) is 17.5 Å². The number of rotatable bonds is 4. The molecular weight excluding hydrogens is 228 g/mol. The molecule has 0 spiro atoms. The highest BCUT2D eigenvalue weighted by atomic mass is 19.3. The first-order valence-electron chi connectivity index (χ1n) is 5.15. The van der Waals surface area contributed by atoms with Gasteiger partial charge in [-0.15, -0.1) is 0 Å². The third-order valence-corrected chi connectivity index (χ3v) is 2.42. The molecule has 1 aromatic rings. The van der Waals surface area contributed by atoms with Crippen LogP contribution >= 0.6 is 0 Å². The molecule has 5 heteroatoms. The minimum atomic E-state index is -3.14. The van der Waals surface area contributed by atoms with E-state index in [2.05, 4.69) is 4.74 Å². The number of halogens is 2. The Kier molecular flexibility index (Phi) is 4.17. The average Bonchev–Trinajstić information content (AvgIpc) is 2.27. The molecule has 0 saturated carbocycles. The van der Waals surface area contributed by atoms with E-state index in [-0.39, 0.29) is 5.56 Å². The van der Waals surface area contributed by atoms with Gasteiger partial charge in [0, 0.05) is 12.0 Å². The number of nitrogens with two attached hydrogens (primary N) is 1. The van der Waals surface area contributed by atoms with Crippen LogP contribution in [-0.2, 0) is 15.5 Å². The van der Waals surface area contributed by atoms with Crippen molar-refractivity contribution in [1.29, 1.82) is 0 Å². The van der Waals surface area contributed by atoms with Crippen molar-refractivity contribution in [1.82, 2.24) is 0 Å². The van der Waals surface area contributed by atoms with E-state index in [9.17, 15) is 13.6 Å². The fourth-order valence-electron chi connectivity index (χ4n) is 1.50. The molecule has 0 aromatic heterocycles. The lowest BCUT2D eigenvalue weighted by Crippen LogP contribution is -2.36. The van der Waals surface area contributed by atoms with Crippen LogP contribution in [0.4, 0.5) is 8.78 Å². The Labute approximate surface area is 98.6 Å². The van der Waals surface area contributed by atoms with Crippen LogP contribution in [0.2, 0.25) is 0 Å². The maximum atomic E-state index is 13.8. The summed E-state index contributed by atoms with van der Waals surface area (Å²) in [5.41, 5.74) is 5.92. The smallest absolute Gasteiger partial charge is 0.322 e. The molecule has 1 unspecified atom stereocenters. The average molecular weight is 243 g/mol. The number of alkyl halides is 2. The number of aryl methyl sites for hydroxylation is 1. The van der Waals surface area contributed by atoms with Gasteiger partial charge in [-0.3, -0.25) is 4.79 Å². The Morgan fingerprint density at radius 3 is 2.71 bits per heavy atom. The summed E-state index contributed by atoms with van der Waals surface area (Å²) in [6.45, 7) is 1.72. The maximum Gasteiger partial charge on any atom is 0.322 e. The highest BCUT2D eigenvalue weighted by molar-refractivity contribution is 5.75. The van der Waals surface area contributed by atoms with Crippen molar-refractivity contribution in [2.45, 2.75) is 25.3 Å². The van der Waals surface area contributed by atoms with Gasteiger partial charge in [0.1, 0.15) is 6.04 Å². The summed E-state index contributed by atoms with van der Waals surface area (Å²) >= 11 is 0. The largest absolute Gasteiger partial charge is 0.468 e. The van der Waals surface area contributed by atoms with Crippen LogP contribution in [0.25, 0.3) is 0 Å². The van der Waals surface area contributed by atoms with Gasteiger partial charge in [0.25, 0.3) is 5.92 Å². The molecule has 1 atom stereocenters. The van der Waals surface area contributed by atoms with Gasteiger partial charge in [-0.2, -0.15) is 0 Å². The lowest BCUT2D eigenvalue weighted by atomic mass is 10.00. The second kappa shape index (κ2) is 5.23. The topological polar surface area (TPSA) is 52.3 Å². The normalized spacial score (nSPS) is 13.2. The molecular formula is C12H15F2NO2. The zero-order valence-electron chi connectivity index (χ0n) is 9.74. The first kappa shape index (κ1) is 13.6. The molecule has 0 radical (unpaired) electrons. The number of carbonyl (C=O) groups excluding carboxylic acids is 1. The molecule has 1 aromatic carbocycles. The first-order chi connectivity index (χ1) is 7.86. The molecule has 0 saturated heterocycles. The second-order valence-electron chi connectivity index (χ2n) is 3.91. The van der Waals surface area contributed by atoms with E-state index in [1.54, 1.807) is 19.1 Å². The number of hydrogen-bond donors (Lipinski definition) is 1. The van der Waals surface area contributed by atoms with E-state index in [4.69, 9.17) is 5.73 Å². The predicted molar refractivity (Wildman–Crippen MR) is 59.7 cm³/mol. The quantitative estimate of drug-likeness (QED) is 0.823. The molecule has 17 heavy (non-hydrogen) atoms. The van der Waals surface area contributed by atoms with Crippen molar-refractivity contribution < 1.29 is 18.3 Å². The molecule has 0 heterocycles. The zero-order valence-corrected chi connectivity index (χ0v) is 9.74. The van der Waals surface area contributed by atoms with Crippen molar-refractivity contribution in [3.63, 3.8) is 0 Å². The second-order valence-corrected chi connectivity index (χ2v) is 3.91. The summed E-state index contributed by atoms with van der Waals surface area (Å²) in [4.78, 5) is 11.0. The van der Waals surface area contributed by atoms with Crippen molar-refractivity contribution in [2.24, 2.45) is 5.73 Å². The van der Waals surface area contributed by atoms with Crippen molar-refractivity contribution in [3.8, 4) is 0 Å². The third-order valence-electron chi connectivity index (χ3n) is 2.42. The molecule has 0 aliphatic carbocycles. The van der Waals surface area contributed by atoms with Gasteiger partial charge in [-0.25, -0.2) is 8.78 Å². The van der Waals surface area contributed by atoms with Gasteiger partial charge in [0.05, 0.1) is 7.11 Å². The molecule has 0 fully saturated rings. The fourth-order valence-corrected chi connectivity index (χ4v) is 1.50. The third kappa shape index (κ3) is 3.49. The molecule has 3 nitrogen and oxygen atoms in total. The summed E-state index contributed by atoms with van der Waals surface area (Å²) in [6.07, 6.45) is -0.761. The molecule has 1 rings (SSSR count). The number of esters is 1. The molecule has 94 valence electrons. The molecule has 0 bridgehead atoms. The molecule has 2 N–H and O–H groups in total. The Morgan fingerprint density at radius 1 is 1.53 bits per heavy atom. The summed E-state index contributed by atoms with van der Waals surface area (Å²) < 4.78 is 31.9. The summed E-state index contributed by atoms with van der Waals surface area (Å²) in [5.74, 6) is -3.98. The molecule has 0 amide bonds. The van der Waals surface area contributed by atoms with Gasteiger partial charge in [0.15, 0.2) is 0 Å². The van der Waals surface area contributed by atoms with Gasteiger partial charge < -0.3 is 10.5 Å². The van der Waals surface area contributed by atoms with Gasteiger partial charge in [-0.1, -0.05) is 29.8 Å².